The normalized spacial score (nSPS) is 12.0. The summed E-state index contributed by atoms with van der Waals surface area (Å²) in [5.41, 5.74) is -1.27. The number of hydrogen-bond acceptors (Lipinski definition) is 4. The first kappa shape index (κ1) is 20.1. The fourth-order valence-electron chi connectivity index (χ4n) is 1.46. The van der Waals surface area contributed by atoms with Crippen molar-refractivity contribution in [2.45, 2.75) is 41.5 Å². The molecule has 0 aromatic heterocycles. The van der Waals surface area contributed by atoms with E-state index in [-0.39, 0.29) is 36.3 Å². The minimum Gasteiger partial charge on any atom is -0.483 e. The molecule has 0 amide bonds. The molecule has 0 bridgehead atoms. The molecule has 0 saturated heterocycles. The molecular weight excluding hydrogens is 318 g/mol. The maximum atomic E-state index is 14.0. The van der Waals surface area contributed by atoms with Crippen molar-refractivity contribution in [1.29, 1.82) is 0 Å². The first-order valence-electron chi connectivity index (χ1n) is 7.64. The molecule has 134 valence electrons. The van der Waals surface area contributed by atoms with Gasteiger partial charge in [-0.25, -0.2) is 0 Å². The molecule has 0 spiro atoms. The molecule has 6 heteroatoms. The highest BCUT2D eigenvalue weighted by Gasteiger charge is 2.25. The van der Waals surface area contributed by atoms with E-state index in [1.807, 2.05) is 0 Å². The SMILES string of the molecule is CC(C)(C)C(=O)COc1ccc(OCC(=O)C(C)(C)C)c(F)c1F. The van der Waals surface area contributed by atoms with Crippen LogP contribution in [0.5, 0.6) is 11.5 Å². The van der Waals surface area contributed by atoms with Crippen LogP contribution < -0.4 is 9.47 Å². The molecule has 0 atom stereocenters. The molecule has 0 heterocycles. The Morgan fingerprint density at radius 1 is 0.792 bits per heavy atom. The molecule has 0 aliphatic heterocycles. The number of hydrogen-bond donors (Lipinski definition) is 0. The van der Waals surface area contributed by atoms with Gasteiger partial charge in [0.15, 0.2) is 23.1 Å². The quantitative estimate of drug-likeness (QED) is 0.785. The summed E-state index contributed by atoms with van der Waals surface area (Å²) in [6.45, 7) is 9.53. The molecule has 0 N–H and O–H groups in total. The van der Waals surface area contributed by atoms with Crippen molar-refractivity contribution in [2.75, 3.05) is 13.2 Å². The van der Waals surface area contributed by atoms with Gasteiger partial charge in [0.25, 0.3) is 0 Å². The van der Waals surface area contributed by atoms with E-state index in [1.54, 1.807) is 41.5 Å². The zero-order valence-electron chi connectivity index (χ0n) is 15.0. The molecule has 1 aromatic rings. The number of rotatable bonds is 6. The van der Waals surface area contributed by atoms with Gasteiger partial charge >= 0.3 is 0 Å². The predicted molar refractivity (Wildman–Crippen MR) is 86.3 cm³/mol. The van der Waals surface area contributed by atoms with Gasteiger partial charge in [-0.1, -0.05) is 41.5 Å². The fraction of sp³-hybridized carbons (Fsp3) is 0.556. The number of halogens is 2. The van der Waals surface area contributed by atoms with Gasteiger partial charge in [0, 0.05) is 10.8 Å². The number of ketones is 2. The molecule has 1 rings (SSSR count). The highest BCUT2D eigenvalue weighted by molar-refractivity contribution is 5.85. The topological polar surface area (TPSA) is 52.6 Å². The Kier molecular flexibility index (Phi) is 6.09. The van der Waals surface area contributed by atoms with Crippen molar-refractivity contribution >= 4 is 11.6 Å². The lowest BCUT2D eigenvalue weighted by Crippen LogP contribution is -2.27. The van der Waals surface area contributed by atoms with E-state index in [0.717, 1.165) is 0 Å². The Hall–Kier alpha value is -1.98. The third kappa shape index (κ3) is 5.28. The van der Waals surface area contributed by atoms with Crippen LogP contribution in [0.15, 0.2) is 12.1 Å². The third-order valence-corrected chi connectivity index (χ3v) is 3.40. The van der Waals surface area contributed by atoms with Crippen molar-refractivity contribution in [3.63, 3.8) is 0 Å². The van der Waals surface area contributed by atoms with Gasteiger partial charge in [0.1, 0.15) is 13.2 Å². The predicted octanol–water partition coefficient (Wildman–Crippen LogP) is 3.95. The van der Waals surface area contributed by atoms with Crippen molar-refractivity contribution < 1.29 is 27.8 Å². The average Bonchev–Trinajstić information content (AvgIpc) is 2.45. The lowest BCUT2D eigenvalue weighted by atomic mass is 9.91. The van der Waals surface area contributed by atoms with Crippen molar-refractivity contribution in [2.24, 2.45) is 10.8 Å². The lowest BCUT2D eigenvalue weighted by molar-refractivity contribution is -0.129. The third-order valence-electron chi connectivity index (χ3n) is 3.40. The van der Waals surface area contributed by atoms with Crippen LogP contribution in [0.2, 0.25) is 0 Å². The van der Waals surface area contributed by atoms with Gasteiger partial charge in [-0.15, -0.1) is 0 Å². The highest BCUT2D eigenvalue weighted by Crippen LogP contribution is 2.28. The number of carbonyl (C=O) groups is 2. The molecule has 4 nitrogen and oxygen atoms in total. The van der Waals surface area contributed by atoms with Crippen LogP contribution in [0.3, 0.4) is 0 Å². The Morgan fingerprint density at radius 3 is 1.33 bits per heavy atom. The number of benzene rings is 1. The zero-order valence-corrected chi connectivity index (χ0v) is 15.0. The molecule has 24 heavy (non-hydrogen) atoms. The Morgan fingerprint density at radius 2 is 1.08 bits per heavy atom. The van der Waals surface area contributed by atoms with Gasteiger partial charge in [0.2, 0.25) is 11.6 Å². The van der Waals surface area contributed by atoms with E-state index >= 15 is 0 Å². The van der Waals surface area contributed by atoms with Crippen molar-refractivity contribution in [3.8, 4) is 11.5 Å². The Bertz CT molecular complexity index is 570. The van der Waals surface area contributed by atoms with Crippen LogP contribution in [0, 0.1) is 22.5 Å². The zero-order chi connectivity index (χ0) is 18.7. The van der Waals surface area contributed by atoms with Crippen LogP contribution in [0.25, 0.3) is 0 Å². The van der Waals surface area contributed by atoms with Crippen LogP contribution in [-0.2, 0) is 9.59 Å². The summed E-state index contributed by atoms with van der Waals surface area (Å²) in [4.78, 5) is 23.5. The van der Waals surface area contributed by atoms with Crippen LogP contribution in [0.4, 0.5) is 8.78 Å². The monoisotopic (exact) mass is 342 g/mol. The first-order chi connectivity index (χ1) is 10.8. The highest BCUT2D eigenvalue weighted by atomic mass is 19.2. The van der Waals surface area contributed by atoms with Gasteiger partial charge in [0.05, 0.1) is 0 Å². The lowest BCUT2D eigenvalue weighted by Gasteiger charge is -2.18. The second-order valence-electron chi connectivity index (χ2n) is 7.61. The summed E-state index contributed by atoms with van der Waals surface area (Å²) in [5, 5.41) is 0. The van der Waals surface area contributed by atoms with E-state index in [0.29, 0.717) is 0 Å². The van der Waals surface area contributed by atoms with Crippen LogP contribution >= 0.6 is 0 Å². The summed E-state index contributed by atoms with van der Waals surface area (Å²) in [6.07, 6.45) is 0. The fourth-order valence-corrected chi connectivity index (χ4v) is 1.46. The summed E-state index contributed by atoms with van der Waals surface area (Å²) >= 11 is 0. The van der Waals surface area contributed by atoms with Crippen molar-refractivity contribution in [1.82, 2.24) is 0 Å². The smallest absolute Gasteiger partial charge is 0.204 e. The second-order valence-corrected chi connectivity index (χ2v) is 7.61. The van der Waals surface area contributed by atoms with Gasteiger partial charge in [-0.3, -0.25) is 9.59 Å². The Balaban J connectivity index is 2.80. The maximum absolute atomic E-state index is 14.0. The van der Waals surface area contributed by atoms with Crippen molar-refractivity contribution in [3.05, 3.63) is 23.8 Å². The summed E-state index contributed by atoms with van der Waals surface area (Å²) in [7, 11) is 0. The number of carbonyl (C=O) groups excluding carboxylic acids is 2. The largest absolute Gasteiger partial charge is 0.483 e. The minimum absolute atomic E-state index is 0.238. The molecule has 0 aliphatic carbocycles. The second kappa shape index (κ2) is 7.28. The van der Waals surface area contributed by atoms with E-state index in [9.17, 15) is 18.4 Å². The molecule has 1 aromatic carbocycles. The van der Waals surface area contributed by atoms with E-state index in [1.165, 1.54) is 12.1 Å². The molecule has 0 radical (unpaired) electrons. The van der Waals surface area contributed by atoms with Gasteiger partial charge in [-0.2, -0.15) is 8.78 Å². The van der Waals surface area contributed by atoms with Crippen LogP contribution in [0.1, 0.15) is 41.5 Å². The molecule has 0 aliphatic rings. The Labute approximate surface area is 141 Å². The summed E-state index contributed by atoms with van der Waals surface area (Å²) in [6, 6.07) is 2.34. The van der Waals surface area contributed by atoms with E-state index in [2.05, 4.69) is 0 Å². The standard InChI is InChI=1S/C18H24F2O4/c1-17(2,3)13(21)9-23-11-7-8-12(16(20)15(11)19)24-10-14(22)18(4,5)6/h7-8H,9-10H2,1-6H3. The average molecular weight is 342 g/mol. The number of ether oxygens (including phenoxy) is 2. The van der Waals surface area contributed by atoms with Gasteiger partial charge < -0.3 is 9.47 Å². The molecular formula is C18H24F2O4. The summed E-state index contributed by atoms with van der Waals surface area (Å²) in [5.74, 6) is -3.73. The number of Topliss-reactive ketones (excluding diaryl/α,β-unsaturated/α-hetero) is 2. The van der Waals surface area contributed by atoms with Crippen LogP contribution in [-0.4, -0.2) is 24.8 Å². The minimum atomic E-state index is -1.25. The summed E-state index contributed by atoms with van der Waals surface area (Å²) < 4.78 is 38.1. The molecule has 0 saturated carbocycles. The molecule has 0 fully saturated rings. The first-order valence-corrected chi connectivity index (χ1v) is 7.64. The molecule has 0 unspecified atom stereocenters. The van der Waals surface area contributed by atoms with Gasteiger partial charge in [-0.05, 0) is 12.1 Å². The maximum Gasteiger partial charge on any atom is 0.204 e. The van der Waals surface area contributed by atoms with E-state index in [4.69, 9.17) is 9.47 Å². The van der Waals surface area contributed by atoms with E-state index < -0.39 is 22.5 Å².